The fourth-order valence-corrected chi connectivity index (χ4v) is 7.73. The summed E-state index contributed by atoms with van der Waals surface area (Å²) >= 11 is 0. The predicted molar refractivity (Wildman–Crippen MR) is 200 cm³/mol. The fourth-order valence-electron chi connectivity index (χ4n) is 7.73. The van der Waals surface area contributed by atoms with Gasteiger partial charge in [0.2, 0.25) is 0 Å². The van der Waals surface area contributed by atoms with Crippen molar-refractivity contribution in [1.29, 1.82) is 0 Å². The first-order valence-corrected chi connectivity index (χ1v) is 16.6. The van der Waals surface area contributed by atoms with Gasteiger partial charge < -0.3 is 4.90 Å². The van der Waals surface area contributed by atoms with Crippen molar-refractivity contribution in [3.8, 4) is 22.3 Å². The SMILES string of the molecule is CC1(C)c2ccccc2-c2ccc(N(c3ccc(-c4ccccc4)cc3)c3ccc(C(C)(C)c4ccccc4)c4ccccc34)cc21. The maximum atomic E-state index is 2.45. The maximum Gasteiger partial charge on any atom is 0.0540 e. The van der Waals surface area contributed by atoms with Gasteiger partial charge in [-0.15, -0.1) is 0 Å². The van der Waals surface area contributed by atoms with Gasteiger partial charge in [0.05, 0.1) is 5.69 Å². The molecule has 47 heavy (non-hydrogen) atoms. The van der Waals surface area contributed by atoms with Crippen LogP contribution in [0, 0.1) is 0 Å². The van der Waals surface area contributed by atoms with Crippen LogP contribution in [0.15, 0.2) is 164 Å². The number of hydrogen-bond donors (Lipinski definition) is 0. The Kier molecular flexibility index (Phi) is 6.88. The predicted octanol–water partition coefficient (Wildman–Crippen LogP) is 12.6. The third-order valence-corrected chi connectivity index (χ3v) is 10.4. The average molecular weight is 606 g/mol. The molecule has 7 aromatic rings. The Bertz CT molecular complexity index is 2220. The number of nitrogens with zero attached hydrogens (tertiary/aromatic N) is 1. The van der Waals surface area contributed by atoms with Gasteiger partial charge >= 0.3 is 0 Å². The van der Waals surface area contributed by atoms with E-state index in [4.69, 9.17) is 0 Å². The molecule has 1 aliphatic rings. The summed E-state index contributed by atoms with van der Waals surface area (Å²) in [6.45, 7) is 9.39. The van der Waals surface area contributed by atoms with E-state index in [1.54, 1.807) is 0 Å². The molecule has 0 radical (unpaired) electrons. The molecule has 0 aliphatic heterocycles. The Balaban J connectivity index is 1.33. The highest BCUT2D eigenvalue weighted by atomic mass is 15.1. The van der Waals surface area contributed by atoms with Crippen molar-refractivity contribution >= 4 is 27.8 Å². The smallest absolute Gasteiger partial charge is 0.0540 e. The first kappa shape index (κ1) is 29.0. The molecule has 0 aromatic heterocycles. The summed E-state index contributed by atoms with van der Waals surface area (Å²) in [5, 5.41) is 2.52. The number of fused-ring (bicyclic) bond motifs is 4. The van der Waals surface area contributed by atoms with E-state index in [0.717, 1.165) is 11.4 Å². The van der Waals surface area contributed by atoms with Crippen molar-refractivity contribution in [2.45, 2.75) is 38.5 Å². The molecule has 0 atom stereocenters. The van der Waals surface area contributed by atoms with Gasteiger partial charge in [0.25, 0.3) is 0 Å². The molecule has 0 bridgehead atoms. The molecule has 7 aromatic carbocycles. The zero-order chi connectivity index (χ0) is 32.2. The van der Waals surface area contributed by atoms with Crippen LogP contribution in [0.2, 0.25) is 0 Å². The first-order valence-electron chi connectivity index (χ1n) is 16.6. The Labute approximate surface area is 278 Å². The number of hydrogen-bond acceptors (Lipinski definition) is 1. The van der Waals surface area contributed by atoms with Crippen molar-refractivity contribution < 1.29 is 0 Å². The zero-order valence-corrected chi connectivity index (χ0v) is 27.5. The van der Waals surface area contributed by atoms with Crippen LogP contribution in [0.5, 0.6) is 0 Å². The van der Waals surface area contributed by atoms with E-state index in [1.807, 2.05) is 0 Å². The summed E-state index contributed by atoms with van der Waals surface area (Å²) in [6, 6.07) is 60.1. The Morgan fingerprint density at radius 1 is 0.468 bits per heavy atom. The van der Waals surface area contributed by atoms with Crippen LogP contribution in [0.25, 0.3) is 33.0 Å². The van der Waals surface area contributed by atoms with Gasteiger partial charge in [-0.05, 0) is 80.2 Å². The lowest BCUT2D eigenvalue weighted by Gasteiger charge is -2.32. The van der Waals surface area contributed by atoms with Crippen molar-refractivity contribution in [2.24, 2.45) is 0 Å². The van der Waals surface area contributed by atoms with E-state index in [1.165, 1.54) is 61.0 Å². The number of benzene rings is 7. The van der Waals surface area contributed by atoms with Crippen molar-refractivity contribution in [2.75, 3.05) is 4.90 Å². The highest BCUT2D eigenvalue weighted by Gasteiger charge is 2.36. The molecule has 0 saturated heterocycles. The zero-order valence-electron chi connectivity index (χ0n) is 27.5. The maximum absolute atomic E-state index is 2.45. The number of rotatable bonds is 6. The van der Waals surface area contributed by atoms with Crippen LogP contribution < -0.4 is 4.90 Å². The van der Waals surface area contributed by atoms with Crippen molar-refractivity contribution in [3.63, 3.8) is 0 Å². The van der Waals surface area contributed by atoms with Crippen LogP contribution >= 0.6 is 0 Å². The van der Waals surface area contributed by atoms with Crippen LogP contribution in [0.3, 0.4) is 0 Å². The minimum atomic E-state index is -0.162. The average Bonchev–Trinajstić information content (AvgIpc) is 3.35. The second kappa shape index (κ2) is 11.1. The minimum Gasteiger partial charge on any atom is -0.310 e. The summed E-state index contributed by atoms with van der Waals surface area (Å²) in [5.41, 5.74) is 13.7. The molecule has 0 N–H and O–H groups in total. The molecular formula is C46H39N. The summed E-state index contributed by atoms with van der Waals surface area (Å²) in [4.78, 5) is 2.45. The molecule has 0 spiro atoms. The number of anilines is 3. The fraction of sp³-hybridized carbons (Fsp3) is 0.130. The summed E-state index contributed by atoms with van der Waals surface area (Å²) in [6.07, 6.45) is 0. The van der Waals surface area contributed by atoms with E-state index in [9.17, 15) is 0 Å². The van der Waals surface area contributed by atoms with E-state index >= 15 is 0 Å². The van der Waals surface area contributed by atoms with Crippen LogP contribution in [-0.2, 0) is 10.8 Å². The molecule has 0 saturated carbocycles. The van der Waals surface area contributed by atoms with Crippen LogP contribution in [0.4, 0.5) is 17.1 Å². The van der Waals surface area contributed by atoms with E-state index in [0.29, 0.717) is 0 Å². The van der Waals surface area contributed by atoms with Crippen LogP contribution in [-0.4, -0.2) is 0 Å². The minimum absolute atomic E-state index is 0.0869. The summed E-state index contributed by atoms with van der Waals surface area (Å²) in [7, 11) is 0. The highest BCUT2D eigenvalue weighted by molar-refractivity contribution is 6.01. The highest BCUT2D eigenvalue weighted by Crippen LogP contribution is 2.51. The van der Waals surface area contributed by atoms with Gasteiger partial charge in [0.15, 0.2) is 0 Å². The van der Waals surface area contributed by atoms with E-state index in [-0.39, 0.29) is 10.8 Å². The van der Waals surface area contributed by atoms with Gasteiger partial charge in [0, 0.05) is 27.6 Å². The van der Waals surface area contributed by atoms with E-state index in [2.05, 4.69) is 196 Å². The largest absolute Gasteiger partial charge is 0.310 e. The first-order chi connectivity index (χ1) is 22.8. The Morgan fingerprint density at radius 2 is 1.04 bits per heavy atom. The third-order valence-electron chi connectivity index (χ3n) is 10.4. The Hall–Kier alpha value is -5.40. The summed E-state index contributed by atoms with van der Waals surface area (Å²) in [5.74, 6) is 0. The van der Waals surface area contributed by atoms with Crippen molar-refractivity contribution in [1.82, 2.24) is 0 Å². The molecule has 0 unspecified atom stereocenters. The molecule has 1 aliphatic carbocycles. The molecule has 0 fully saturated rings. The lowest BCUT2D eigenvalue weighted by Crippen LogP contribution is -2.20. The summed E-state index contributed by atoms with van der Waals surface area (Å²) < 4.78 is 0. The van der Waals surface area contributed by atoms with E-state index < -0.39 is 0 Å². The molecule has 1 heteroatoms. The quantitative estimate of drug-likeness (QED) is 0.182. The van der Waals surface area contributed by atoms with Gasteiger partial charge in [0.1, 0.15) is 0 Å². The van der Waals surface area contributed by atoms with Gasteiger partial charge in [-0.1, -0.05) is 161 Å². The molecule has 0 amide bonds. The second-order valence-corrected chi connectivity index (χ2v) is 13.8. The molecular weight excluding hydrogens is 567 g/mol. The monoisotopic (exact) mass is 605 g/mol. The van der Waals surface area contributed by atoms with Crippen LogP contribution in [0.1, 0.15) is 49.9 Å². The van der Waals surface area contributed by atoms with Crippen molar-refractivity contribution in [3.05, 3.63) is 186 Å². The molecule has 0 heterocycles. The third kappa shape index (κ3) is 4.77. The molecule has 1 nitrogen and oxygen atoms in total. The molecule has 8 rings (SSSR count). The topological polar surface area (TPSA) is 3.24 Å². The van der Waals surface area contributed by atoms with Gasteiger partial charge in [-0.25, -0.2) is 0 Å². The normalized spacial score (nSPS) is 13.3. The Morgan fingerprint density at radius 3 is 1.79 bits per heavy atom. The standard InChI is InChI=1S/C46H39N/c1-45(2,34-17-9-6-10-18-34)42-29-30-44(40-21-12-11-20-38(40)42)47(35-25-23-33(24-26-35)32-15-7-5-8-16-32)36-27-28-39-37-19-13-14-22-41(37)46(3,4)43(39)31-36/h5-31H,1-4H3. The second-order valence-electron chi connectivity index (χ2n) is 13.8. The lowest BCUT2D eigenvalue weighted by molar-refractivity contribution is 0.647. The van der Waals surface area contributed by atoms with Gasteiger partial charge in [-0.2, -0.15) is 0 Å². The van der Waals surface area contributed by atoms with Gasteiger partial charge in [-0.3, -0.25) is 0 Å². The lowest BCUT2D eigenvalue weighted by atomic mass is 9.76. The molecule has 228 valence electrons.